The van der Waals surface area contributed by atoms with Crippen molar-refractivity contribution < 1.29 is 9.59 Å². The fourth-order valence-electron chi connectivity index (χ4n) is 4.40. The second kappa shape index (κ2) is 4.17. The van der Waals surface area contributed by atoms with Crippen LogP contribution in [0.4, 0.5) is 0 Å². The van der Waals surface area contributed by atoms with Gasteiger partial charge in [0.1, 0.15) is 0 Å². The average Bonchev–Trinajstić information content (AvgIpc) is 3.10. The Morgan fingerprint density at radius 2 is 1.53 bits per heavy atom. The highest BCUT2D eigenvalue weighted by Crippen LogP contribution is 2.52. The second-order valence-corrected chi connectivity index (χ2v) is 6.42. The molecule has 0 aromatic rings. The van der Waals surface area contributed by atoms with E-state index in [4.69, 9.17) is 0 Å². The van der Waals surface area contributed by atoms with Gasteiger partial charge in [0, 0.05) is 0 Å². The third-order valence-corrected chi connectivity index (χ3v) is 5.35. The fourth-order valence-corrected chi connectivity index (χ4v) is 4.40. The highest BCUT2D eigenvalue weighted by atomic mass is 16.2. The third kappa shape index (κ3) is 1.62. The van der Waals surface area contributed by atoms with Gasteiger partial charge in [0.15, 0.2) is 0 Å². The Labute approximate surface area is 113 Å². The van der Waals surface area contributed by atoms with Crippen LogP contribution in [0.5, 0.6) is 0 Å². The summed E-state index contributed by atoms with van der Waals surface area (Å²) in [6.45, 7) is 2.58. The van der Waals surface area contributed by atoms with E-state index in [-0.39, 0.29) is 23.7 Å². The number of nitrogens with zero attached hydrogens (tertiary/aromatic N) is 2. The molecule has 2 amide bonds. The quantitative estimate of drug-likeness (QED) is 0.554. The Bertz CT molecular complexity index is 423. The number of carbonyl (C=O) groups excluding carboxylic acids is 2. The Kier molecular flexibility index (Phi) is 2.56. The second-order valence-electron chi connectivity index (χ2n) is 6.42. The van der Waals surface area contributed by atoms with E-state index >= 15 is 0 Å². The molecule has 19 heavy (non-hydrogen) atoms. The van der Waals surface area contributed by atoms with Crippen LogP contribution in [0, 0.1) is 23.7 Å². The Morgan fingerprint density at radius 3 is 2.11 bits per heavy atom. The molecule has 0 N–H and O–H groups in total. The van der Waals surface area contributed by atoms with E-state index < -0.39 is 0 Å². The van der Waals surface area contributed by atoms with Crippen LogP contribution in [0.1, 0.15) is 25.7 Å². The minimum atomic E-state index is -0.0349. The van der Waals surface area contributed by atoms with Crippen molar-refractivity contribution in [2.24, 2.45) is 23.7 Å². The highest BCUT2D eigenvalue weighted by Gasteiger charge is 2.59. The van der Waals surface area contributed by atoms with Crippen LogP contribution in [0.3, 0.4) is 0 Å². The first kappa shape index (κ1) is 11.6. The lowest BCUT2D eigenvalue weighted by atomic mass is 9.85. The molecule has 0 spiro atoms. The number of imide groups is 1. The van der Waals surface area contributed by atoms with Crippen molar-refractivity contribution >= 4 is 11.8 Å². The molecule has 3 fully saturated rings. The number of carbonyl (C=O) groups is 2. The molecule has 0 aromatic heterocycles. The van der Waals surface area contributed by atoms with Gasteiger partial charge in [-0.1, -0.05) is 18.6 Å². The first-order valence-corrected chi connectivity index (χ1v) is 7.51. The van der Waals surface area contributed by atoms with E-state index in [1.54, 1.807) is 4.90 Å². The molecule has 2 heterocycles. The minimum absolute atomic E-state index is 0.0349. The van der Waals surface area contributed by atoms with Crippen LogP contribution in [-0.4, -0.2) is 41.4 Å². The molecule has 2 aliphatic carbocycles. The van der Waals surface area contributed by atoms with Gasteiger partial charge in [0.2, 0.25) is 11.8 Å². The molecule has 4 nitrogen and oxygen atoms in total. The van der Waals surface area contributed by atoms with Crippen LogP contribution < -0.4 is 0 Å². The lowest BCUT2D eigenvalue weighted by Crippen LogP contribution is -2.44. The van der Waals surface area contributed by atoms with Gasteiger partial charge in [-0.2, -0.15) is 0 Å². The van der Waals surface area contributed by atoms with E-state index in [9.17, 15) is 9.59 Å². The summed E-state index contributed by atoms with van der Waals surface area (Å²) >= 11 is 0. The molecule has 4 aliphatic rings. The predicted octanol–water partition coefficient (Wildman–Crippen LogP) is 1.24. The highest BCUT2D eigenvalue weighted by molar-refractivity contribution is 6.06. The van der Waals surface area contributed by atoms with Crippen molar-refractivity contribution in [3.8, 4) is 0 Å². The molecule has 4 atom stereocenters. The van der Waals surface area contributed by atoms with Gasteiger partial charge in [-0.25, -0.2) is 0 Å². The number of piperidine rings is 1. The molecule has 0 radical (unpaired) electrons. The zero-order valence-corrected chi connectivity index (χ0v) is 11.1. The first-order valence-electron chi connectivity index (χ1n) is 7.51. The lowest BCUT2D eigenvalue weighted by molar-refractivity contribution is -0.143. The van der Waals surface area contributed by atoms with Gasteiger partial charge in [0.25, 0.3) is 0 Å². The average molecular weight is 260 g/mol. The smallest absolute Gasteiger partial charge is 0.234 e. The van der Waals surface area contributed by atoms with Gasteiger partial charge >= 0.3 is 0 Å². The monoisotopic (exact) mass is 260 g/mol. The number of rotatable bonds is 2. The Morgan fingerprint density at radius 1 is 0.947 bits per heavy atom. The predicted molar refractivity (Wildman–Crippen MR) is 69.9 cm³/mol. The first-order chi connectivity index (χ1) is 9.25. The lowest BCUT2D eigenvalue weighted by Gasteiger charge is -2.30. The summed E-state index contributed by atoms with van der Waals surface area (Å²) < 4.78 is 0. The zero-order chi connectivity index (χ0) is 13.0. The summed E-state index contributed by atoms with van der Waals surface area (Å²) in [5, 5.41) is 0. The molecule has 2 bridgehead atoms. The molecule has 4 rings (SSSR count). The van der Waals surface area contributed by atoms with E-state index in [0.717, 1.165) is 19.5 Å². The summed E-state index contributed by atoms with van der Waals surface area (Å²) in [6, 6.07) is 0. The van der Waals surface area contributed by atoms with Gasteiger partial charge in [0.05, 0.1) is 18.5 Å². The number of allylic oxidation sites excluding steroid dienone is 2. The van der Waals surface area contributed by atoms with Crippen molar-refractivity contribution in [3.05, 3.63) is 12.2 Å². The number of likely N-dealkylation sites (tertiary alicyclic amines) is 2. The summed E-state index contributed by atoms with van der Waals surface area (Å²) in [5.74, 6) is 0.782. The molecule has 2 saturated heterocycles. The molecule has 1 saturated carbocycles. The van der Waals surface area contributed by atoms with Crippen LogP contribution in [-0.2, 0) is 9.59 Å². The Hall–Kier alpha value is -1.16. The van der Waals surface area contributed by atoms with Gasteiger partial charge in [-0.05, 0) is 44.2 Å². The van der Waals surface area contributed by atoms with Gasteiger partial charge in [-0.3, -0.25) is 19.4 Å². The number of hydrogen-bond donors (Lipinski definition) is 0. The van der Waals surface area contributed by atoms with Crippen LogP contribution >= 0.6 is 0 Å². The molecule has 0 unspecified atom stereocenters. The zero-order valence-electron chi connectivity index (χ0n) is 11.1. The topological polar surface area (TPSA) is 40.6 Å². The van der Waals surface area contributed by atoms with Crippen LogP contribution in [0.25, 0.3) is 0 Å². The van der Waals surface area contributed by atoms with E-state index in [0.29, 0.717) is 18.5 Å². The maximum atomic E-state index is 12.5. The van der Waals surface area contributed by atoms with E-state index in [1.165, 1.54) is 19.3 Å². The summed E-state index contributed by atoms with van der Waals surface area (Å²) in [6.07, 6.45) is 8.98. The standard InChI is InChI=1S/C15H20N2O2/c18-14-12-10-4-5-11(8-10)13(12)15(19)17(14)9-16-6-2-1-3-7-16/h4-5,10-13H,1-3,6-9H2/t10-,11-,12-,13-/m0/s1. The maximum Gasteiger partial charge on any atom is 0.234 e. The van der Waals surface area contributed by atoms with Crippen molar-refractivity contribution in [2.75, 3.05) is 19.8 Å². The number of amides is 2. The SMILES string of the molecule is O=C1[C@@H]2[C@@H](C(=O)N1CN1CCCCC1)[C@H]1C=C[C@H]2C1. The van der Waals surface area contributed by atoms with E-state index in [1.807, 2.05) is 0 Å². The summed E-state index contributed by atoms with van der Waals surface area (Å²) in [5.41, 5.74) is 0. The summed E-state index contributed by atoms with van der Waals surface area (Å²) in [7, 11) is 0. The normalized spacial score (nSPS) is 41.4. The van der Waals surface area contributed by atoms with Crippen molar-refractivity contribution in [3.63, 3.8) is 0 Å². The number of hydrogen-bond acceptors (Lipinski definition) is 3. The van der Waals surface area contributed by atoms with Crippen molar-refractivity contribution in [1.82, 2.24) is 9.80 Å². The fraction of sp³-hybridized carbons (Fsp3) is 0.733. The van der Waals surface area contributed by atoms with Gasteiger partial charge in [-0.15, -0.1) is 0 Å². The Balaban J connectivity index is 1.52. The van der Waals surface area contributed by atoms with Crippen LogP contribution in [0.2, 0.25) is 0 Å². The molecule has 102 valence electrons. The summed E-state index contributed by atoms with van der Waals surface area (Å²) in [4.78, 5) is 28.8. The molecule has 0 aromatic carbocycles. The largest absolute Gasteiger partial charge is 0.286 e. The van der Waals surface area contributed by atoms with Gasteiger partial charge < -0.3 is 0 Å². The van der Waals surface area contributed by atoms with Crippen molar-refractivity contribution in [1.29, 1.82) is 0 Å². The van der Waals surface area contributed by atoms with Crippen LogP contribution in [0.15, 0.2) is 12.2 Å². The van der Waals surface area contributed by atoms with E-state index in [2.05, 4.69) is 17.1 Å². The molecular formula is C15H20N2O2. The maximum absolute atomic E-state index is 12.5. The van der Waals surface area contributed by atoms with Crippen molar-refractivity contribution in [2.45, 2.75) is 25.7 Å². The minimum Gasteiger partial charge on any atom is -0.286 e. The molecule has 2 aliphatic heterocycles. The number of fused-ring (bicyclic) bond motifs is 5. The molecule has 4 heteroatoms. The third-order valence-electron chi connectivity index (χ3n) is 5.35. The molecular weight excluding hydrogens is 240 g/mol.